The fraction of sp³-hybridized carbons (Fsp3) is 0.0500. The maximum absolute atomic E-state index is 12.1. The van der Waals surface area contributed by atoms with Crippen molar-refractivity contribution in [1.82, 2.24) is 0 Å². The molecule has 0 aliphatic rings. The smallest absolute Gasteiger partial charge is 0.248 e. The van der Waals surface area contributed by atoms with E-state index < -0.39 is 0 Å². The molecule has 0 saturated heterocycles. The largest absolute Gasteiger partial charge is 0.465 e. The van der Waals surface area contributed by atoms with Gasteiger partial charge in [0.05, 0.1) is 6.26 Å². The van der Waals surface area contributed by atoms with Crippen LogP contribution in [0.5, 0.6) is 0 Å². The zero-order valence-electron chi connectivity index (χ0n) is 12.6. The number of para-hydroxylation sites is 1. The van der Waals surface area contributed by atoms with Gasteiger partial charge in [-0.2, -0.15) is 0 Å². The Morgan fingerprint density at radius 3 is 2.52 bits per heavy atom. The van der Waals surface area contributed by atoms with Crippen LogP contribution in [-0.4, -0.2) is 5.91 Å². The normalized spacial score (nSPS) is 10.8. The third-order valence-electron chi connectivity index (χ3n) is 3.45. The maximum atomic E-state index is 12.1. The molecule has 1 aromatic heterocycles. The van der Waals surface area contributed by atoms with Crippen molar-refractivity contribution < 1.29 is 9.21 Å². The van der Waals surface area contributed by atoms with Gasteiger partial charge in [0.25, 0.3) is 0 Å². The second-order valence-electron chi connectivity index (χ2n) is 5.16. The van der Waals surface area contributed by atoms with Crippen LogP contribution in [0.25, 0.3) is 6.08 Å². The topological polar surface area (TPSA) is 42.2 Å². The lowest BCUT2D eigenvalue weighted by Crippen LogP contribution is -2.09. The van der Waals surface area contributed by atoms with E-state index in [2.05, 4.69) is 17.4 Å². The summed E-state index contributed by atoms with van der Waals surface area (Å²) in [6.07, 6.45) is 5.47. The lowest BCUT2D eigenvalue weighted by Gasteiger charge is -2.10. The van der Waals surface area contributed by atoms with Crippen molar-refractivity contribution in [2.24, 2.45) is 0 Å². The minimum absolute atomic E-state index is 0.179. The van der Waals surface area contributed by atoms with Crippen molar-refractivity contribution >= 4 is 17.7 Å². The van der Waals surface area contributed by atoms with Crippen LogP contribution in [0.4, 0.5) is 5.69 Å². The van der Waals surface area contributed by atoms with E-state index in [9.17, 15) is 4.79 Å². The van der Waals surface area contributed by atoms with Gasteiger partial charge in [0, 0.05) is 11.8 Å². The van der Waals surface area contributed by atoms with Gasteiger partial charge in [-0.3, -0.25) is 4.79 Å². The Balaban J connectivity index is 1.71. The number of carbonyl (C=O) groups excluding carboxylic acids is 1. The van der Waals surface area contributed by atoms with Gasteiger partial charge in [-0.15, -0.1) is 0 Å². The summed E-state index contributed by atoms with van der Waals surface area (Å²) >= 11 is 0. The van der Waals surface area contributed by atoms with E-state index in [0.717, 1.165) is 17.7 Å². The number of furan rings is 1. The molecule has 2 aromatic carbocycles. The third kappa shape index (κ3) is 4.20. The van der Waals surface area contributed by atoms with Crippen LogP contribution in [0, 0.1) is 0 Å². The molecule has 0 radical (unpaired) electrons. The van der Waals surface area contributed by atoms with Gasteiger partial charge >= 0.3 is 0 Å². The minimum Gasteiger partial charge on any atom is -0.465 e. The molecular weight excluding hydrogens is 286 g/mol. The van der Waals surface area contributed by atoms with E-state index in [-0.39, 0.29) is 5.91 Å². The monoisotopic (exact) mass is 303 g/mol. The molecule has 114 valence electrons. The van der Waals surface area contributed by atoms with Crippen LogP contribution in [0.15, 0.2) is 83.5 Å². The number of rotatable bonds is 5. The minimum atomic E-state index is -0.179. The standard InChI is InChI=1S/C20H17NO2/c22-20(13-12-18-10-6-14-23-18)21-19-11-5-4-9-17(19)15-16-7-2-1-3-8-16/h1-14H,15H2,(H,21,22). The van der Waals surface area contributed by atoms with E-state index in [1.165, 1.54) is 11.6 Å². The fourth-order valence-electron chi connectivity index (χ4n) is 2.33. The van der Waals surface area contributed by atoms with E-state index in [4.69, 9.17) is 4.42 Å². The SMILES string of the molecule is O=C(C=Cc1ccco1)Nc1ccccc1Cc1ccccc1. The number of benzene rings is 2. The van der Waals surface area contributed by atoms with Crippen LogP contribution in [0.3, 0.4) is 0 Å². The molecule has 3 rings (SSSR count). The first-order valence-electron chi connectivity index (χ1n) is 7.46. The summed E-state index contributed by atoms with van der Waals surface area (Å²) < 4.78 is 5.17. The molecule has 0 atom stereocenters. The summed E-state index contributed by atoms with van der Waals surface area (Å²) in [5.41, 5.74) is 3.12. The number of hydrogen-bond acceptors (Lipinski definition) is 2. The Morgan fingerprint density at radius 2 is 1.74 bits per heavy atom. The van der Waals surface area contributed by atoms with Crippen molar-refractivity contribution in [2.45, 2.75) is 6.42 Å². The predicted molar refractivity (Wildman–Crippen MR) is 92.1 cm³/mol. The molecule has 3 nitrogen and oxygen atoms in total. The van der Waals surface area contributed by atoms with Crippen LogP contribution in [-0.2, 0) is 11.2 Å². The molecule has 0 spiro atoms. The lowest BCUT2D eigenvalue weighted by molar-refractivity contribution is -0.111. The van der Waals surface area contributed by atoms with Crippen LogP contribution >= 0.6 is 0 Å². The maximum Gasteiger partial charge on any atom is 0.248 e. The van der Waals surface area contributed by atoms with Crippen LogP contribution in [0.1, 0.15) is 16.9 Å². The molecule has 0 unspecified atom stereocenters. The lowest BCUT2D eigenvalue weighted by atomic mass is 10.0. The second-order valence-corrected chi connectivity index (χ2v) is 5.16. The van der Waals surface area contributed by atoms with Crippen LogP contribution in [0.2, 0.25) is 0 Å². The van der Waals surface area contributed by atoms with E-state index in [1.807, 2.05) is 42.5 Å². The first kappa shape index (κ1) is 14.9. The average molecular weight is 303 g/mol. The highest BCUT2D eigenvalue weighted by atomic mass is 16.3. The highest BCUT2D eigenvalue weighted by Gasteiger charge is 2.05. The van der Waals surface area contributed by atoms with Gasteiger partial charge in [0.2, 0.25) is 5.91 Å². The summed E-state index contributed by atoms with van der Waals surface area (Å²) in [5, 5.41) is 2.93. The number of amides is 1. The molecule has 1 heterocycles. The number of carbonyl (C=O) groups is 1. The molecule has 0 bridgehead atoms. The molecule has 23 heavy (non-hydrogen) atoms. The summed E-state index contributed by atoms with van der Waals surface area (Å²) in [5.74, 6) is 0.472. The molecule has 1 amide bonds. The predicted octanol–water partition coefficient (Wildman–Crippen LogP) is 4.52. The number of nitrogens with one attached hydrogen (secondary N) is 1. The molecule has 3 aromatic rings. The van der Waals surface area contributed by atoms with Gasteiger partial charge in [0.1, 0.15) is 5.76 Å². The van der Waals surface area contributed by atoms with Crippen molar-refractivity contribution in [3.8, 4) is 0 Å². The summed E-state index contributed by atoms with van der Waals surface area (Å²) in [4.78, 5) is 12.1. The molecule has 3 heteroatoms. The molecule has 0 aliphatic heterocycles. The fourth-order valence-corrected chi connectivity index (χ4v) is 2.33. The van der Waals surface area contributed by atoms with E-state index >= 15 is 0 Å². The highest BCUT2D eigenvalue weighted by Crippen LogP contribution is 2.19. The Kier molecular flexibility index (Phi) is 4.69. The summed E-state index contributed by atoms with van der Waals surface area (Å²) in [6, 6.07) is 21.6. The molecule has 0 fully saturated rings. The van der Waals surface area contributed by atoms with Crippen molar-refractivity contribution in [2.75, 3.05) is 5.32 Å². The zero-order chi connectivity index (χ0) is 15.9. The molecule has 1 N–H and O–H groups in total. The molecule has 0 aliphatic carbocycles. The third-order valence-corrected chi connectivity index (χ3v) is 3.45. The Bertz CT molecular complexity index is 790. The highest BCUT2D eigenvalue weighted by molar-refractivity contribution is 6.02. The van der Waals surface area contributed by atoms with Gasteiger partial charge in [-0.25, -0.2) is 0 Å². The van der Waals surface area contributed by atoms with Crippen molar-refractivity contribution in [3.05, 3.63) is 96.0 Å². The zero-order valence-corrected chi connectivity index (χ0v) is 12.6. The number of anilines is 1. The van der Waals surface area contributed by atoms with Gasteiger partial charge < -0.3 is 9.73 Å². The first-order chi connectivity index (χ1) is 11.3. The van der Waals surface area contributed by atoms with Crippen LogP contribution < -0.4 is 5.32 Å². The molecule has 0 saturated carbocycles. The van der Waals surface area contributed by atoms with E-state index in [0.29, 0.717) is 5.76 Å². The Hall–Kier alpha value is -3.07. The average Bonchev–Trinajstić information content (AvgIpc) is 3.09. The summed E-state index contributed by atoms with van der Waals surface area (Å²) in [7, 11) is 0. The number of hydrogen-bond donors (Lipinski definition) is 1. The van der Waals surface area contributed by atoms with E-state index in [1.54, 1.807) is 24.5 Å². The molecular formula is C20H17NO2. The quantitative estimate of drug-likeness (QED) is 0.704. The van der Waals surface area contributed by atoms with Gasteiger partial charge in [-0.05, 0) is 41.8 Å². The van der Waals surface area contributed by atoms with Crippen molar-refractivity contribution in [1.29, 1.82) is 0 Å². The Morgan fingerprint density at radius 1 is 0.957 bits per heavy atom. The van der Waals surface area contributed by atoms with Gasteiger partial charge in [0.15, 0.2) is 0 Å². The first-order valence-corrected chi connectivity index (χ1v) is 7.46. The second kappa shape index (κ2) is 7.27. The van der Waals surface area contributed by atoms with Gasteiger partial charge in [-0.1, -0.05) is 48.5 Å². The van der Waals surface area contributed by atoms with Crippen molar-refractivity contribution in [3.63, 3.8) is 0 Å². The Labute approximate surface area is 135 Å². The summed E-state index contributed by atoms with van der Waals surface area (Å²) in [6.45, 7) is 0.